The maximum Gasteiger partial charge on any atom is 0.404 e. The van der Waals surface area contributed by atoms with Crippen LogP contribution in [0.15, 0.2) is 21.4 Å². The minimum atomic E-state index is -5.19. The van der Waals surface area contributed by atoms with Crippen molar-refractivity contribution in [2.45, 2.75) is 82.8 Å². The molecule has 17 heteroatoms. The van der Waals surface area contributed by atoms with Gasteiger partial charge in [-0.25, -0.2) is 26.6 Å². The molecule has 1 aliphatic carbocycles. The van der Waals surface area contributed by atoms with Gasteiger partial charge in [0.2, 0.25) is 15.9 Å². The summed E-state index contributed by atoms with van der Waals surface area (Å²) in [7, 11) is -5.19. The lowest BCUT2D eigenvalue weighted by molar-refractivity contribution is -0.151. The number of carboxylic acids is 1. The highest BCUT2D eigenvalue weighted by molar-refractivity contribution is 7.89. The van der Waals surface area contributed by atoms with Crippen LogP contribution in [0, 0.1) is 17.2 Å². The number of halogens is 6. The molecule has 2 heterocycles. The number of hydrogen-bond acceptors (Lipinski definition) is 8. The summed E-state index contributed by atoms with van der Waals surface area (Å²) >= 11 is 0.814. The Morgan fingerprint density at radius 2 is 1.88 bits per heavy atom. The number of thiazole rings is 1. The Morgan fingerprint density at radius 1 is 1.21 bits per heavy atom. The molecule has 0 saturated heterocycles. The minimum Gasteiger partial charge on any atom is -0.481 e. The van der Waals surface area contributed by atoms with E-state index in [4.69, 9.17) is 4.42 Å². The van der Waals surface area contributed by atoms with Gasteiger partial charge in [-0.05, 0) is 38.7 Å². The molecule has 3 aromatic rings. The van der Waals surface area contributed by atoms with E-state index < -0.39 is 62.7 Å². The van der Waals surface area contributed by atoms with Gasteiger partial charge in [-0.3, -0.25) is 4.79 Å². The van der Waals surface area contributed by atoms with Gasteiger partial charge >= 0.3 is 12.1 Å². The van der Waals surface area contributed by atoms with E-state index >= 15 is 4.39 Å². The molecule has 43 heavy (non-hydrogen) atoms. The van der Waals surface area contributed by atoms with E-state index in [9.17, 15) is 40.3 Å². The molecule has 1 saturated carbocycles. The van der Waals surface area contributed by atoms with Crippen LogP contribution in [0.25, 0.3) is 21.3 Å². The number of benzene rings is 1. The van der Waals surface area contributed by atoms with Crippen LogP contribution < -0.4 is 4.72 Å². The standard InChI is InChI=1S/C26H28F6N4O5S2/c1-4-16(26(30,31)32)36-43(39,40)15-9-8-13(18(19(15)27)21(28)29)20-14(10-12-6-5-7-12)33-23(42-20)22-35-34-17(41-22)11-25(2,3)24(37)38/h8-9,12,16,21,36H,4-7,10-11H2,1-3H3,(H,37,38)/t16-/m1/s1. The van der Waals surface area contributed by atoms with E-state index in [1.807, 2.05) is 0 Å². The van der Waals surface area contributed by atoms with Crippen LogP contribution in [0.1, 0.15) is 70.0 Å². The third kappa shape index (κ3) is 7.03. The van der Waals surface area contributed by atoms with Crippen molar-refractivity contribution in [3.8, 4) is 21.3 Å². The van der Waals surface area contributed by atoms with Gasteiger partial charge in [-0.2, -0.15) is 17.9 Å². The molecule has 2 N–H and O–H groups in total. The maximum atomic E-state index is 15.6. The monoisotopic (exact) mass is 654 g/mol. The topological polar surface area (TPSA) is 135 Å². The Balaban J connectivity index is 1.79. The van der Waals surface area contributed by atoms with Crippen molar-refractivity contribution in [2.75, 3.05) is 0 Å². The number of sulfonamides is 1. The van der Waals surface area contributed by atoms with Gasteiger partial charge < -0.3 is 9.52 Å². The van der Waals surface area contributed by atoms with Crippen molar-refractivity contribution < 1.29 is 49.1 Å². The fraction of sp³-hybridized carbons (Fsp3) is 0.538. The molecule has 9 nitrogen and oxygen atoms in total. The Hall–Kier alpha value is -3.05. The smallest absolute Gasteiger partial charge is 0.404 e. The first-order valence-corrected chi connectivity index (χ1v) is 15.5. The average molecular weight is 655 g/mol. The van der Waals surface area contributed by atoms with E-state index in [-0.39, 0.29) is 39.6 Å². The minimum absolute atomic E-state index is 0.00898. The summed E-state index contributed by atoms with van der Waals surface area (Å²) in [5.74, 6) is -2.94. The molecule has 0 radical (unpaired) electrons. The lowest BCUT2D eigenvalue weighted by atomic mass is 9.81. The Bertz CT molecular complexity index is 1600. The lowest BCUT2D eigenvalue weighted by Crippen LogP contribution is -2.45. The summed E-state index contributed by atoms with van der Waals surface area (Å²) in [6.07, 6.45) is -6.37. The van der Waals surface area contributed by atoms with E-state index in [0.717, 1.165) is 43.6 Å². The summed E-state index contributed by atoms with van der Waals surface area (Å²) in [5, 5.41) is 17.2. The van der Waals surface area contributed by atoms with Crippen LogP contribution in [0.3, 0.4) is 0 Å². The van der Waals surface area contributed by atoms with Gasteiger partial charge in [0.15, 0.2) is 10.8 Å². The third-order valence-electron chi connectivity index (χ3n) is 7.22. The molecule has 1 aliphatic rings. The highest BCUT2D eigenvalue weighted by Gasteiger charge is 2.42. The number of aliphatic carboxylic acids is 1. The quantitative estimate of drug-likeness (QED) is 0.210. The Labute approximate surface area is 246 Å². The van der Waals surface area contributed by atoms with Crippen molar-refractivity contribution in [3.05, 3.63) is 35.1 Å². The molecule has 0 aliphatic heterocycles. The molecule has 4 rings (SSSR count). The second-order valence-corrected chi connectivity index (χ2v) is 13.6. The Kier molecular flexibility index (Phi) is 9.28. The molecule has 2 aromatic heterocycles. The van der Waals surface area contributed by atoms with Crippen molar-refractivity contribution in [3.63, 3.8) is 0 Å². The maximum absolute atomic E-state index is 15.6. The molecule has 236 valence electrons. The van der Waals surface area contributed by atoms with E-state index in [2.05, 4.69) is 15.2 Å². The van der Waals surface area contributed by atoms with Gasteiger partial charge in [0.1, 0.15) is 10.9 Å². The second-order valence-electron chi connectivity index (χ2n) is 10.9. The third-order valence-corrected chi connectivity index (χ3v) is 9.83. The number of hydrogen-bond donors (Lipinski definition) is 2. The van der Waals surface area contributed by atoms with Gasteiger partial charge in [-0.1, -0.05) is 32.3 Å². The first-order chi connectivity index (χ1) is 19.9. The number of nitrogens with zero attached hydrogens (tertiary/aromatic N) is 3. The zero-order valence-electron chi connectivity index (χ0n) is 23.1. The molecule has 0 bridgehead atoms. The molecular weight excluding hydrogens is 626 g/mol. The predicted octanol–water partition coefficient (Wildman–Crippen LogP) is 6.55. The van der Waals surface area contributed by atoms with Crippen molar-refractivity contribution in [1.29, 1.82) is 0 Å². The van der Waals surface area contributed by atoms with Crippen molar-refractivity contribution in [2.24, 2.45) is 11.3 Å². The Morgan fingerprint density at radius 3 is 2.42 bits per heavy atom. The van der Waals surface area contributed by atoms with Crippen LogP contribution in [0.2, 0.25) is 0 Å². The predicted molar refractivity (Wildman–Crippen MR) is 142 cm³/mol. The number of aromatic nitrogens is 3. The summed E-state index contributed by atoms with van der Waals surface area (Å²) in [4.78, 5) is 14.7. The average Bonchev–Trinajstić information content (AvgIpc) is 3.50. The van der Waals surface area contributed by atoms with Gasteiger partial charge in [0.05, 0.1) is 21.5 Å². The molecule has 0 spiro atoms. The molecule has 0 amide bonds. The first-order valence-electron chi connectivity index (χ1n) is 13.2. The lowest BCUT2D eigenvalue weighted by Gasteiger charge is -2.25. The fourth-order valence-electron chi connectivity index (χ4n) is 4.45. The SMILES string of the molecule is CC[C@@H](NS(=O)(=O)c1ccc(-c2sc(-c3nnc(CC(C)(C)C(=O)O)o3)nc2CC2CCC2)c(C(F)F)c1F)C(F)(F)F. The normalized spacial score (nSPS) is 15.6. The highest BCUT2D eigenvalue weighted by Crippen LogP contribution is 2.44. The van der Waals surface area contributed by atoms with Crippen LogP contribution in [-0.4, -0.2) is 46.9 Å². The van der Waals surface area contributed by atoms with Crippen LogP contribution >= 0.6 is 11.3 Å². The van der Waals surface area contributed by atoms with E-state index in [1.54, 1.807) is 0 Å². The largest absolute Gasteiger partial charge is 0.481 e. The van der Waals surface area contributed by atoms with E-state index in [0.29, 0.717) is 18.2 Å². The number of alkyl halides is 5. The van der Waals surface area contributed by atoms with Gasteiger partial charge in [0.25, 0.3) is 12.3 Å². The number of nitrogens with one attached hydrogen (secondary N) is 1. The van der Waals surface area contributed by atoms with Gasteiger partial charge in [-0.15, -0.1) is 21.5 Å². The zero-order chi connectivity index (χ0) is 31.9. The van der Waals surface area contributed by atoms with Gasteiger partial charge in [0, 0.05) is 12.0 Å². The summed E-state index contributed by atoms with van der Waals surface area (Å²) < 4.78 is 116. The van der Waals surface area contributed by atoms with Crippen LogP contribution in [0.4, 0.5) is 26.3 Å². The zero-order valence-corrected chi connectivity index (χ0v) is 24.8. The molecular formula is C26H28F6N4O5S2. The van der Waals surface area contributed by atoms with Crippen molar-refractivity contribution in [1.82, 2.24) is 19.9 Å². The fourth-order valence-corrected chi connectivity index (χ4v) is 6.90. The summed E-state index contributed by atoms with van der Waals surface area (Å²) in [5.41, 5.74) is -2.61. The number of carbonyl (C=O) groups is 1. The first kappa shape index (κ1) is 32.9. The number of carboxylic acid groups (broad SMARTS) is 1. The summed E-state index contributed by atoms with van der Waals surface area (Å²) in [6.45, 7) is 3.99. The highest BCUT2D eigenvalue weighted by atomic mass is 32.2. The molecule has 0 unspecified atom stereocenters. The van der Waals surface area contributed by atoms with E-state index in [1.165, 1.54) is 18.6 Å². The summed E-state index contributed by atoms with van der Waals surface area (Å²) in [6, 6.07) is -0.984. The molecule has 1 aromatic carbocycles. The molecule has 1 atom stereocenters. The van der Waals surface area contributed by atoms with Crippen LogP contribution in [0.5, 0.6) is 0 Å². The van der Waals surface area contributed by atoms with Crippen molar-refractivity contribution >= 4 is 27.3 Å². The number of rotatable bonds is 12. The van der Waals surface area contributed by atoms with Crippen LogP contribution in [-0.2, 0) is 27.7 Å². The second kappa shape index (κ2) is 12.1. The molecule has 1 fully saturated rings.